The van der Waals surface area contributed by atoms with Gasteiger partial charge >= 0.3 is 0 Å². The van der Waals surface area contributed by atoms with E-state index < -0.39 is 9.84 Å². The van der Waals surface area contributed by atoms with Gasteiger partial charge in [-0.15, -0.1) is 0 Å². The Morgan fingerprint density at radius 2 is 1.83 bits per heavy atom. The molecule has 0 radical (unpaired) electrons. The van der Waals surface area contributed by atoms with Gasteiger partial charge < -0.3 is 5.73 Å². The van der Waals surface area contributed by atoms with Crippen molar-refractivity contribution in [2.75, 3.05) is 11.5 Å². The summed E-state index contributed by atoms with van der Waals surface area (Å²) >= 11 is 0. The Morgan fingerprint density at radius 1 is 1.11 bits per heavy atom. The van der Waals surface area contributed by atoms with Gasteiger partial charge in [-0.2, -0.15) is 0 Å². The minimum Gasteiger partial charge on any atom is -0.396 e. The third-order valence-electron chi connectivity index (χ3n) is 2.65. The predicted molar refractivity (Wildman–Crippen MR) is 70.8 cm³/mol. The van der Waals surface area contributed by atoms with Gasteiger partial charge in [0.2, 0.25) is 0 Å². The molecular weight excluding hydrogens is 248 g/mol. The highest BCUT2D eigenvalue weighted by Gasteiger charge is 2.17. The monoisotopic (exact) mass is 262 g/mol. The van der Waals surface area contributed by atoms with Crippen LogP contribution in [0.15, 0.2) is 53.7 Å². The number of sulfone groups is 1. The molecule has 4 nitrogen and oxygen atoms in total. The number of aryl methyl sites for hydroxylation is 1. The molecule has 2 rings (SSSR count). The van der Waals surface area contributed by atoms with Crippen molar-refractivity contribution in [2.24, 2.45) is 0 Å². The molecule has 2 aromatic rings. The summed E-state index contributed by atoms with van der Waals surface area (Å²) < 4.78 is 24.2. The zero-order chi connectivity index (χ0) is 13.0. The quantitative estimate of drug-likeness (QED) is 0.909. The molecule has 5 heteroatoms. The number of aromatic nitrogens is 1. The minimum atomic E-state index is -3.35. The van der Waals surface area contributed by atoms with E-state index in [-0.39, 0.29) is 16.3 Å². The van der Waals surface area contributed by atoms with E-state index in [9.17, 15) is 8.42 Å². The average molecular weight is 262 g/mol. The summed E-state index contributed by atoms with van der Waals surface area (Å²) in [5.41, 5.74) is 6.83. The van der Waals surface area contributed by atoms with Crippen LogP contribution in [-0.4, -0.2) is 19.2 Å². The van der Waals surface area contributed by atoms with Crippen molar-refractivity contribution in [2.45, 2.75) is 11.3 Å². The maximum absolute atomic E-state index is 12.1. The van der Waals surface area contributed by atoms with E-state index in [0.717, 1.165) is 5.56 Å². The first-order valence-electron chi connectivity index (χ1n) is 5.56. The molecule has 1 aromatic heterocycles. The summed E-state index contributed by atoms with van der Waals surface area (Å²) in [4.78, 5) is 3.95. The third-order valence-corrected chi connectivity index (χ3v) is 4.43. The number of pyridine rings is 1. The Kier molecular flexibility index (Phi) is 3.62. The first kappa shape index (κ1) is 12.6. The van der Waals surface area contributed by atoms with Crippen LogP contribution >= 0.6 is 0 Å². The first-order chi connectivity index (χ1) is 8.59. The standard InChI is InChI=1S/C13H14N2O2S/c14-12-10-15-8-6-13(12)18(16,17)9-7-11-4-2-1-3-5-11/h1-6,8,10H,7,9,14H2. The van der Waals surface area contributed by atoms with E-state index in [4.69, 9.17) is 5.73 Å². The van der Waals surface area contributed by atoms with Gasteiger partial charge in [0.1, 0.15) is 0 Å². The molecule has 0 unspecified atom stereocenters. The Hall–Kier alpha value is -1.88. The van der Waals surface area contributed by atoms with Crippen LogP contribution in [0.1, 0.15) is 5.56 Å². The molecule has 0 aliphatic carbocycles. The molecule has 0 fully saturated rings. The molecule has 0 atom stereocenters. The molecule has 0 bridgehead atoms. The summed E-state index contributed by atoms with van der Waals surface area (Å²) in [6, 6.07) is 10.9. The number of benzene rings is 1. The molecule has 0 aliphatic heterocycles. The number of hydrogen-bond acceptors (Lipinski definition) is 4. The molecular formula is C13H14N2O2S. The summed E-state index contributed by atoms with van der Waals surface area (Å²) in [6.45, 7) is 0. The van der Waals surface area contributed by atoms with Crippen molar-refractivity contribution >= 4 is 15.5 Å². The summed E-state index contributed by atoms with van der Waals surface area (Å²) in [5, 5.41) is 0. The van der Waals surface area contributed by atoms with Crippen LogP contribution in [0.5, 0.6) is 0 Å². The molecule has 0 saturated heterocycles. The van der Waals surface area contributed by atoms with Crippen LogP contribution < -0.4 is 5.73 Å². The highest BCUT2D eigenvalue weighted by molar-refractivity contribution is 7.91. The Balaban J connectivity index is 2.16. The fraction of sp³-hybridized carbons (Fsp3) is 0.154. The lowest BCUT2D eigenvalue weighted by molar-refractivity contribution is 0.595. The fourth-order valence-electron chi connectivity index (χ4n) is 1.68. The normalized spacial score (nSPS) is 11.3. The number of nitrogens with zero attached hydrogens (tertiary/aromatic N) is 1. The van der Waals surface area contributed by atoms with Crippen molar-refractivity contribution in [3.63, 3.8) is 0 Å². The van der Waals surface area contributed by atoms with E-state index in [2.05, 4.69) is 4.98 Å². The number of rotatable bonds is 4. The second-order valence-corrected chi connectivity index (χ2v) is 6.05. The Morgan fingerprint density at radius 3 is 2.50 bits per heavy atom. The Labute approximate surface area is 106 Å². The van der Waals surface area contributed by atoms with Crippen LogP contribution in [-0.2, 0) is 16.3 Å². The highest BCUT2D eigenvalue weighted by Crippen LogP contribution is 2.18. The zero-order valence-electron chi connectivity index (χ0n) is 9.78. The molecule has 18 heavy (non-hydrogen) atoms. The van der Waals surface area contributed by atoms with E-state index in [1.54, 1.807) is 0 Å². The second-order valence-electron chi connectivity index (χ2n) is 3.97. The van der Waals surface area contributed by atoms with Crippen LogP contribution in [0.2, 0.25) is 0 Å². The lowest BCUT2D eigenvalue weighted by atomic mass is 10.2. The van der Waals surface area contributed by atoms with Gasteiger partial charge in [-0.1, -0.05) is 30.3 Å². The van der Waals surface area contributed by atoms with Crippen molar-refractivity contribution in [1.29, 1.82) is 0 Å². The van der Waals surface area contributed by atoms with Crippen molar-refractivity contribution in [1.82, 2.24) is 4.98 Å². The number of anilines is 1. The number of nitrogens with two attached hydrogens (primary N) is 1. The summed E-state index contributed by atoms with van der Waals surface area (Å²) in [5.74, 6) is 0.0469. The van der Waals surface area contributed by atoms with Gasteiger partial charge in [0.05, 0.1) is 22.5 Å². The molecule has 0 saturated carbocycles. The topological polar surface area (TPSA) is 73.0 Å². The molecule has 0 aliphatic rings. The highest BCUT2D eigenvalue weighted by atomic mass is 32.2. The van der Waals surface area contributed by atoms with E-state index in [1.807, 2.05) is 30.3 Å². The fourth-order valence-corrected chi connectivity index (χ4v) is 3.09. The van der Waals surface area contributed by atoms with Crippen LogP contribution in [0.4, 0.5) is 5.69 Å². The predicted octanol–water partition coefficient (Wildman–Crippen LogP) is 1.68. The van der Waals surface area contributed by atoms with Crippen LogP contribution in [0, 0.1) is 0 Å². The molecule has 94 valence electrons. The molecule has 0 amide bonds. The summed E-state index contributed by atoms with van der Waals surface area (Å²) in [7, 11) is -3.35. The van der Waals surface area contributed by atoms with Crippen molar-refractivity contribution in [3.05, 3.63) is 54.4 Å². The van der Waals surface area contributed by atoms with E-state index in [1.165, 1.54) is 18.5 Å². The van der Waals surface area contributed by atoms with Gasteiger partial charge in [0, 0.05) is 6.20 Å². The van der Waals surface area contributed by atoms with Crippen LogP contribution in [0.3, 0.4) is 0 Å². The molecule has 1 heterocycles. The van der Waals surface area contributed by atoms with Gasteiger partial charge in [0.15, 0.2) is 9.84 Å². The van der Waals surface area contributed by atoms with E-state index in [0.29, 0.717) is 6.42 Å². The lowest BCUT2D eigenvalue weighted by Gasteiger charge is -2.06. The van der Waals surface area contributed by atoms with Crippen molar-refractivity contribution in [3.8, 4) is 0 Å². The first-order valence-corrected chi connectivity index (χ1v) is 7.21. The molecule has 1 aromatic carbocycles. The molecule has 0 spiro atoms. The van der Waals surface area contributed by atoms with E-state index >= 15 is 0 Å². The maximum Gasteiger partial charge on any atom is 0.180 e. The molecule has 2 N–H and O–H groups in total. The van der Waals surface area contributed by atoms with Crippen LogP contribution in [0.25, 0.3) is 0 Å². The Bertz CT molecular complexity index is 624. The lowest BCUT2D eigenvalue weighted by Crippen LogP contribution is -2.11. The minimum absolute atomic E-state index is 0.0469. The number of hydrogen-bond donors (Lipinski definition) is 1. The smallest absolute Gasteiger partial charge is 0.180 e. The zero-order valence-corrected chi connectivity index (χ0v) is 10.6. The maximum atomic E-state index is 12.1. The average Bonchev–Trinajstić information content (AvgIpc) is 2.38. The second kappa shape index (κ2) is 5.18. The summed E-state index contributed by atoms with van der Waals surface area (Å²) in [6.07, 6.45) is 3.27. The number of nitrogen functional groups attached to an aromatic ring is 1. The van der Waals surface area contributed by atoms with Crippen molar-refractivity contribution < 1.29 is 8.42 Å². The third kappa shape index (κ3) is 2.87. The largest absolute Gasteiger partial charge is 0.396 e. The van der Waals surface area contributed by atoms with Gasteiger partial charge in [-0.3, -0.25) is 4.98 Å². The van der Waals surface area contributed by atoms with Gasteiger partial charge in [0.25, 0.3) is 0 Å². The van der Waals surface area contributed by atoms with Gasteiger partial charge in [-0.25, -0.2) is 8.42 Å². The van der Waals surface area contributed by atoms with Gasteiger partial charge in [-0.05, 0) is 18.1 Å². The SMILES string of the molecule is Nc1cnccc1S(=O)(=O)CCc1ccccc1.